The second kappa shape index (κ2) is 10.2. The zero-order valence-electron chi connectivity index (χ0n) is 17.9. The molecular formula is C23H22F3N3O4. The van der Waals surface area contributed by atoms with Crippen LogP contribution in [0, 0.1) is 0 Å². The Balaban J connectivity index is 1.82. The summed E-state index contributed by atoms with van der Waals surface area (Å²) in [7, 11) is 3.10. The summed E-state index contributed by atoms with van der Waals surface area (Å²) in [5, 5.41) is 12.2. The van der Waals surface area contributed by atoms with Gasteiger partial charge < -0.3 is 19.9 Å². The Morgan fingerprint density at radius 1 is 1.09 bits per heavy atom. The number of anilines is 1. The average Bonchev–Trinajstić information content (AvgIpc) is 2.78. The molecule has 0 aliphatic heterocycles. The lowest BCUT2D eigenvalue weighted by atomic mass is 9.99. The first kappa shape index (κ1) is 23.8. The fraction of sp³-hybridized carbons (Fsp3) is 0.261. The van der Waals surface area contributed by atoms with Gasteiger partial charge in [0.05, 0.1) is 26.2 Å². The third kappa shape index (κ3) is 6.12. The molecule has 0 amide bonds. The van der Waals surface area contributed by atoms with Gasteiger partial charge in [0.25, 0.3) is 0 Å². The number of ether oxygens (including phenoxy) is 2. The molecule has 0 aliphatic rings. The Labute approximate surface area is 188 Å². The van der Waals surface area contributed by atoms with Crippen LogP contribution in [-0.2, 0) is 17.6 Å². The summed E-state index contributed by atoms with van der Waals surface area (Å²) in [6.07, 6.45) is -3.63. The van der Waals surface area contributed by atoms with Crippen molar-refractivity contribution in [1.29, 1.82) is 0 Å². The van der Waals surface area contributed by atoms with Gasteiger partial charge in [-0.2, -0.15) is 13.2 Å². The number of benzene rings is 2. The van der Waals surface area contributed by atoms with Crippen LogP contribution in [-0.4, -0.2) is 47.5 Å². The molecule has 0 saturated carbocycles. The molecule has 174 valence electrons. The molecule has 2 N–H and O–H groups in total. The molecule has 0 radical (unpaired) electrons. The van der Waals surface area contributed by atoms with E-state index in [1.54, 1.807) is 56.7 Å². The number of halogens is 3. The molecule has 0 spiro atoms. The van der Waals surface area contributed by atoms with Crippen molar-refractivity contribution in [1.82, 2.24) is 9.97 Å². The van der Waals surface area contributed by atoms with Gasteiger partial charge in [-0.1, -0.05) is 30.3 Å². The molecule has 3 rings (SSSR count). The maximum Gasteiger partial charge on any atom is 0.393 e. The van der Waals surface area contributed by atoms with Gasteiger partial charge in [-0.05, 0) is 23.3 Å². The number of nitrogens with zero attached hydrogens (tertiary/aromatic N) is 2. The molecule has 10 heteroatoms. The first-order valence-corrected chi connectivity index (χ1v) is 9.87. The van der Waals surface area contributed by atoms with Gasteiger partial charge in [0, 0.05) is 18.2 Å². The number of methoxy groups -OCH3 is 2. The topological polar surface area (TPSA) is 93.6 Å². The number of carboxylic acids is 1. The van der Waals surface area contributed by atoms with Crippen LogP contribution in [0.15, 0.2) is 55.0 Å². The second-order valence-electron chi connectivity index (χ2n) is 7.16. The number of alkyl halides is 3. The molecular weight excluding hydrogens is 439 g/mol. The summed E-state index contributed by atoms with van der Waals surface area (Å²) >= 11 is 0. The SMILES string of the molecule is COc1cccc(OC)c1-c1ccc(C[C@H](Nc2ncncc2CC(F)(F)F)C(=O)O)cc1. The summed E-state index contributed by atoms with van der Waals surface area (Å²) in [4.78, 5) is 19.2. The minimum Gasteiger partial charge on any atom is -0.496 e. The summed E-state index contributed by atoms with van der Waals surface area (Å²) < 4.78 is 49.3. The smallest absolute Gasteiger partial charge is 0.393 e. The zero-order valence-corrected chi connectivity index (χ0v) is 17.9. The van der Waals surface area contributed by atoms with Crippen molar-refractivity contribution >= 4 is 11.8 Å². The van der Waals surface area contributed by atoms with E-state index in [1.165, 1.54) is 0 Å². The van der Waals surface area contributed by atoms with Crippen molar-refractivity contribution in [3.8, 4) is 22.6 Å². The molecule has 1 atom stereocenters. The normalized spacial score (nSPS) is 12.2. The van der Waals surface area contributed by atoms with E-state index in [-0.39, 0.29) is 17.8 Å². The maximum absolute atomic E-state index is 12.8. The Hall–Kier alpha value is -3.82. The van der Waals surface area contributed by atoms with E-state index in [9.17, 15) is 23.1 Å². The number of aromatic nitrogens is 2. The minimum atomic E-state index is -4.48. The molecule has 3 aromatic rings. The second-order valence-corrected chi connectivity index (χ2v) is 7.16. The van der Waals surface area contributed by atoms with Crippen LogP contribution in [0.25, 0.3) is 11.1 Å². The number of rotatable bonds is 9. The van der Waals surface area contributed by atoms with Gasteiger partial charge in [0.2, 0.25) is 0 Å². The van der Waals surface area contributed by atoms with Gasteiger partial charge in [-0.3, -0.25) is 0 Å². The van der Waals surface area contributed by atoms with Gasteiger partial charge in [0.15, 0.2) is 0 Å². The highest BCUT2D eigenvalue weighted by atomic mass is 19.4. The number of carbonyl (C=O) groups is 1. The maximum atomic E-state index is 12.8. The standard InChI is InChI=1S/C23H22F3N3O4/c1-32-18-4-3-5-19(33-2)20(18)15-8-6-14(7-9-15)10-17(22(30)31)29-21-16(11-23(24,25)26)12-27-13-28-21/h3-9,12-13,17H,10-11H2,1-2H3,(H,30,31)(H,27,28,29)/t17-/m0/s1. The van der Waals surface area contributed by atoms with Crippen LogP contribution in [0.4, 0.5) is 19.0 Å². The van der Waals surface area contributed by atoms with Crippen LogP contribution in [0.1, 0.15) is 11.1 Å². The van der Waals surface area contributed by atoms with Crippen molar-refractivity contribution < 1.29 is 32.5 Å². The van der Waals surface area contributed by atoms with E-state index < -0.39 is 24.6 Å². The number of nitrogens with one attached hydrogen (secondary N) is 1. The highest BCUT2D eigenvalue weighted by molar-refractivity contribution is 5.79. The van der Waals surface area contributed by atoms with Crippen LogP contribution in [0.2, 0.25) is 0 Å². The highest BCUT2D eigenvalue weighted by Gasteiger charge is 2.30. The fourth-order valence-corrected chi connectivity index (χ4v) is 3.38. The quantitative estimate of drug-likeness (QED) is 0.489. The van der Waals surface area contributed by atoms with Gasteiger partial charge in [0.1, 0.15) is 29.7 Å². The average molecular weight is 461 g/mol. The third-order valence-electron chi connectivity index (χ3n) is 4.90. The monoisotopic (exact) mass is 461 g/mol. The summed E-state index contributed by atoms with van der Waals surface area (Å²) in [5.74, 6) is -0.145. The number of hydrogen-bond donors (Lipinski definition) is 2. The number of carboxylic acid groups (broad SMARTS) is 1. The van der Waals surface area contributed by atoms with Crippen LogP contribution in [0.5, 0.6) is 11.5 Å². The van der Waals surface area contributed by atoms with E-state index in [1.807, 2.05) is 0 Å². The first-order chi connectivity index (χ1) is 15.7. The lowest BCUT2D eigenvalue weighted by Gasteiger charge is -2.18. The first-order valence-electron chi connectivity index (χ1n) is 9.87. The Kier molecular flexibility index (Phi) is 7.37. The predicted octanol–water partition coefficient (Wildman–Crippen LogP) is 4.37. The van der Waals surface area contributed by atoms with Gasteiger partial charge in [-0.15, -0.1) is 0 Å². The molecule has 7 nitrogen and oxygen atoms in total. The van der Waals surface area contributed by atoms with Crippen molar-refractivity contribution in [3.05, 3.63) is 66.1 Å². The van der Waals surface area contributed by atoms with E-state index in [0.717, 1.165) is 23.7 Å². The highest BCUT2D eigenvalue weighted by Crippen LogP contribution is 2.38. The minimum absolute atomic E-state index is 0.0220. The van der Waals surface area contributed by atoms with E-state index in [0.29, 0.717) is 17.1 Å². The Morgan fingerprint density at radius 3 is 2.27 bits per heavy atom. The molecule has 0 saturated heterocycles. The molecule has 0 unspecified atom stereocenters. The largest absolute Gasteiger partial charge is 0.496 e. The Bertz CT molecular complexity index is 1080. The van der Waals surface area contributed by atoms with Gasteiger partial charge in [-0.25, -0.2) is 14.8 Å². The third-order valence-corrected chi connectivity index (χ3v) is 4.90. The summed E-state index contributed by atoms with van der Waals surface area (Å²) in [6.45, 7) is 0. The van der Waals surface area contributed by atoms with Crippen LogP contribution >= 0.6 is 0 Å². The Morgan fingerprint density at radius 2 is 1.73 bits per heavy atom. The fourth-order valence-electron chi connectivity index (χ4n) is 3.38. The lowest BCUT2D eigenvalue weighted by molar-refractivity contribution is -0.137. The van der Waals surface area contributed by atoms with Gasteiger partial charge >= 0.3 is 12.1 Å². The molecule has 0 fully saturated rings. The summed E-state index contributed by atoms with van der Waals surface area (Å²) in [5.41, 5.74) is 1.99. The van der Waals surface area contributed by atoms with E-state index >= 15 is 0 Å². The molecule has 0 bridgehead atoms. The number of hydrogen-bond acceptors (Lipinski definition) is 6. The lowest BCUT2D eigenvalue weighted by Crippen LogP contribution is -2.32. The van der Waals surface area contributed by atoms with Crippen molar-refractivity contribution in [2.75, 3.05) is 19.5 Å². The molecule has 1 aromatic heterocycles. The van der Waals surface area contributed by atoms with Crippen LogP contribution < -0.4 is 14.8 Å². The zero-order chi connectivity index (χ0) is 24.0. The van der Waals surface area contributed by atoms with E-state index in [2.05, 4.69) is 15.3 Å². The molecule has 33 heavy (non-hydrogen) atoms. The van der Waals surface area contributed by atoms with E-state index in [4.69, 9.17) is 9.47 Å². The van der Waals surface area contributed by atoms with Crippen molar-refractivity contribution in [3.63, 3.8) is 0 Å². The van der Waals surface area contributed by atoms with Crippen molar-refractivity contribution in [2.24, 2.45) is 0 Å². The molecule has 1 heterocycles. The number of aliphatic carboxylic acids is 1. The van der Waals surface area contributed by atoms with Crippen molar-refractivity contribution in [2.45, 2.75) is 25.1 Å². The predicted molar refractivity (Wildman–Crippen MR) is 116 cm³/mol. The van der Waals surface area contributed by atoms with Crippen LogP contribution in [0.3, 0.4) is 0 Å². The summed E-state index contributed by atoms with van der Waals surface area (Å²) in [6, 6.07) is 11.3. The molecule has 2 aromatic carbocycles. The molecule has 0 aliphatic carbocycles.